The van der Waals surface area contributed by atoms with Crippen LogP contribution in [0.1, 0.15) is 45.1 Å². The standard InChI is InChI=1S/C14H22ClN/c1-4-7-12(10-16-11(2)3)13-8-5-6-9-14(13)15/h5-6,8-9,11-12,16H,4,7,10H2,1-3H3. The summed E-state index contributed by atoms with van der Waals surface area (Å²) in [5, 5.41) is 4.39. The van der Waals surface area contributed by atoms with Gasteiger partial charge in [-0.3, -0.25) is 0 Å². The molecule has 0 bridgehead atoms. The van der Waals surface area contributed by atoms with E-state index in [1.807, 2.05) is 12.1 Å². The highest BCUT2D eigenvalue weighted by molar-refractivity contribution is 6.31. The third-order valence-electron chi connectivity index (χ3n) is 2.75. The molecule has 1 nitrogen and oxygen atoms in total. The Hall–Kier alpha value is -0.530. The molecule has 1 rings (SSSR count). The minimum Gasteiger partial charge on any atom is -0.314 e. The molecule has 1 aromatic rings. The van der Waals surface area contributed by atoms with Gasteiger partial charge in [-0.2, -0.15) is 0 Å². The fourth-order valence-corrected chi connectivity index (χ4v) is 2.19. The third-order valence-corrected chi connectivity index (χ3v) is 3.10. The first-order valence-electron chi connectivity index (χ1n) is 6.13. The van der Waals surface area contributed by atoms with Gasteiger partial charge < -0.3 is 5.32 Å². The van der Waals surface area contributed by atoms with Crippen molar-refractivity contribution < 1.29 is 0 Å². The Kier molecular flexibility index (Phi) is 5.86. The Morgan fingerprint density at radius 2 is 1.94 bits per heavy atom. The summed E-state index contributed by atoms with van der Waals surface area (Å²) in [6.45, 7) is 7.58. The lowest BCUT2D eigenvalue weighted by Gasteiger charge is -2.20. The second-order valence-electron chi connectivity index (χ2n) is 4.57. The Labute approximate surface area is 104 Å². The van der Waals surface area contributed by atoms with E-state index in [9.17, 15) is 0 Å². The predicted octanol–water partition coefficient (Wildman–Crippen LogP) is 4.22. The summed E-state index contributed by atoms with van der Waals surface area (Å²) in [7, 11) is 0. The van der Waals surface area contributed by atoms with Gasteiger partial charge in [0.05, 0.1) is 0 Å². The zero-order chi connectivity index (χ0) is 12.0. The molecule has 0 fully saturated rings. The molecule has 0 saturated heterocycles. The van der Waals surface area contributed by atoms with E-state index in [4.69, 9.17) is 11.6 Å². The van der Waals surface area contributed by atoms with E-state index in [2.05, 4.69) is 38.2 Å². The van der Waals surface area contributed by atoms with Crippen LogP contribution in [0.5, 0.6) is 0 Å². The minimum absolute atomic E-state index is 0.529. The van der Waals surface area contributed by atoms with Crippen LogP contribution in [0.2, 0.25) is 5.02 Å². The summed E-state index contributed by atoms with van der Waals surface area (Å²) in [5.74, 6) is 0.529. The molecule has 1 unspecified atom stereocenters. The molecule has 0 aromatic heterocycles. The van der Waals surface area contributed by atoms with E-state index in [0.29, 0.717) is 12.0 Å². The van der Waals surface area contributed by atoms with Crippen molar-refractivity contribution >= 4 is 11.6 Å². The van der Waals surface area contributed by atoms with Crippen LogP contribution >= 0.6 is 11.6 Å². The lowest BCUT2D eigenvalue weighted by molar-refractivity contribution is 0.505. The van der Waals surface area contributed by atoms with Crippen molar-refractivity contribution in [3.63, 3.8) is 0 Å². The van der Waals surface area contributed by atoms with E-state index in [1.165, 1.54) is 18.4 Å². The molecular weight excluding hydrogens is 218 g/mol. The van der Waals surface area contributed by atoms with Gasteiger partial charge in [-0.25, -0.2) is 0 Å². The van der Waals surface area contributed by atoms with Gasteiger partial charge in [0.15, 0.2) is 0 Å². The number of hydrogen-bond acceptors (Lipinski definition) is 1. The largest absolute Gasteiger partial charge is 0.314 e. The topological polar surface area (TPSA) is 12.0 Å². The molecule has 1 atom stereocenters. The smallest absolute Gasteiger partial charge is 0.0441 e. The van der Waals surface area contributed by atoms with Crippen LogP contribution in [-0.4, -0.2) is 12.6 Å². The van der Waals surface area contributed by atoms with Crippen molar-refractivity contribution in [2.24, 2.45) is 0 Å². The molecule has 0 spiro atoms. The number of halogens is 1. The Balaban J connectivity index is 2.73. The van der Waals surface area contributed by atoms with E-state index in [1.54, 1.807) is 0 Å². The SMILES string of the molecule is CCCC(CNC(C)C)c1ccccc1Cl. The monoisotopic (exact) mass is 239 g/mol. The molecule has 0 aliphatic rings. The number of hydrogen-bond donors (Lipinski definition) is 1. The highest BCUT2D eigenvalue weighted by Gasteiger charge is 2.13. The van der Waals surface area contributed by atoms with Crippen molar-refractivity contribution in [2.75, 3.05) is 6.54 Å². The molecule has 0 saturated carbocycles. The van der Waals surface area contributed by atoms with Crippen LogP contribution in [0.4, 0.5) is 0 Å². The van der Waals surface area contributed by atoms with Crippen LogP contribution in [0.15, 0.2) is 24.3 Å². The van der Waals surface area contributed by atoms with E-state index >= 15 is 0 Å². The first-order chi connectivity index (χ1) is 7.65. The van der Waals surface area contributed by atoms with E-state index in [0.717, 1.165) is 11.6 Å². The fraction of sp³-hybridized carbons (Fsp3) is 0.571. The van der Waals surface area contributed by atoms with Crippen molar-refractivity contribution in [1.82, 2.24) is 5.32 Å². The second-order valence-corrected chi connectivity index (χ2v) is 4.98. The van der Waals surface area contributed by atoms with Crippen molar-refractivity contribution in [1.29, 1.82) is 0 Å². The average Bonchev–Trinajstić information content (AvgIpc) is 2.25. The zero-order valence-electron chi connectivity index (χ0n) is 10.5. The predicted molar refractivity (Wildman–Crippen MR) is 72.2 cm³/mol. The summed E-state index contributed by atoms with van der Waals surface area (Å²) >= 11 is 6.24. The Morgan fingerprint density at radius 3 is 2.50 bits per heavy atom. The van der Waals surface area contributed by atoms with Gasteiger partial charge in [-0.15, -0.1) is 0 Å². The van der Waals surface area contributed by atoms with E-state index < -0.39 is 0 Å². The Morgan fingerprint density at radius 1 is 1.25 bits per heavy atom. The van der Waals surface area contributed by atoms with Crippen LogP contribution in [-0.2, 0) is 0 Å². The molecule has 0 amide bonds. The number of rotatable bonds is 6. The molecule has 90 valence electrons. The molecule has 1 N–H and O–H groups in total. The second kappa shape index (κ2) is 6.93. The first-order valence-corrected chi connectivity index (χ1v) is 6.50. The van der Waals surface area contributed by atoms with Crippen LogP contribution in [0.25, 0.3) is 0 Å². The first kappa shape index (κ1) is 13.5. The summed E-state index contributed by atoms with van der Waals surface area (Å²) < 4.78 is 0. The van der Waals surface area contributed by atoms with Crippen LogP contribution in [0, 0.1) is 0 Å². The fourth-order valence-electron chi connectivity index (χ4n) is 1.90. The van der Waals surface area contributed by atoms with Gasteiger partial charge in [-0.1, -0.05) is 57.0 Å². The van der Waals surface area contributed by atoms with Crippen molar-refractivity contribution in [3.8, 4) is 0 Å². The number of nitrogens with one attached hydrogen (secondary N) is 1. The normalized spacial score (nSPS) is 13.1. The molecule has 0 radical (unpaired) electrons. The minimum atomic E-state index is 0.529. The summed E-state index contributed by atoms with van der Waals surface area (Å²) in [6.07, 6.45) is 2.37. The number of benzene rings is 1. The van der Waals surface area contributed by atoms with Gasteiger partial charge in [0.2, 0.25) is 0 Å². The van der Waals surface area contributed by atoms with Gasteiger partial charge in [0, 0.05) is 17.6 Å². The molecule has 2 heteroatoms. The molecule has 0 heterocycles. The summed E-state index contributed by atoms with van der Waals surface area (Å²) in [6, 6.07) is 8.71. The highest BCUT2D eigenvalue weighted by atomic mass is 35.5. The third kappa shape index (κ3) is 4.15. The average molecular weight is 240 g/mol. The molecule has 1 aromatic carbocycles. The zero-order valence-corrected chi connectivity index (χ0v) is 11.2. The summed E-state index contributed by atoms with van der Waals surface area (Å²) in [5.41, 5.74) is 1.28. The van der Waals surface area contributed by atoms with Crippen LogP contribution < -0.4 is 5.32 Å². The maximum absolute atomic E-state index is 6.24. The van der Waals surface area contributed by atoms with Crippen molar-refractivity contribution in [3.05, 3.63) is 34.9 Å². The van der Waals surface area contributed by atoms with Gasteiger partial charge in [0.1, 0.15) is 0 Å². The molecule has 16 heavy (non-hydrogen) atoms. The Bertz CT molecular complexity index is 309. The molecule has 0 aliphatic carbocycles. The highest BCUT2D eigenvalue weighted by Crippen LogP contribution is 2.27. The van der Waals surface area contributed by atoms with E-state index in [-0.39, 0.29) is 0 Å². The van der Waals surface area contributed by atoms with Gasteiger partial charge >= 0.3 is 0 Å². The summed E-state index contributed by atoms with van der Waals surface area (Å²) in [4.78, 5) is 0. The van der Waals surface area contributed by atoms with Crippen LogP contribution in [0.3, 0.4) is 0 Å². The maximum Gasteiger partial charge on any atom is 0.0441 e. The quantitative estimate of drug-likeness (QED) is 0.784. The van der Waals surface area contributed by atoms with Crippen molar-refractivity contribution in [2.45, 2.75) is 45.6 Å². The maximum atomic E-state index is 6.24. The molecular formula is C14H22ClN. The lowest BCUT2D eigenvalue weighted by atomic mass is 9.94. The van der Waals surface area contributed by atoms with Gasteiger partial charge in [-0.05, 0) is 24.0 Å². The molecule has 0 aliphatic heterocycles. The lowest BCUT2D eigenvalue weighted by Crippen LogP contribution is -2.28. The van der Waals surface area contributed by atoms with Gasteiger partial charge in [0.25, 0.3) is 0 Å².